The molecule has 2 fully saturated rings. The fourth-order valence-electron chi connectivity index (χ4n) is 2.77. The highest BCUT2D eigenvalue weighted by molar-refractivity contribution is 6.28. The molecule has 0 radical (unpaired) electrons. The number of anilines is 2. The average molecular weight is 298 g/mol. The Morgan fingerprint density at radius 3 is 2.50 bits per heavy atom. The fraction of sp³-hybridized carbons (Fsp3) is 0.769. The molecule has 0 bridgehead atoms. The van der Waals surface area contributed by atoms with E-state index in [2.05, 4.69) is 24.8 Å². The molecule has 1 aromatic heterocycles. The Balaban J connectivity index is 1.86. The van der Waals surface area contributed by atoms with Gasteiger partial charge in [-0.2, -0.15) is 15.0 Å². The number of hydrogen-bond acceptors (Lipinski definition) is 6. The van der Waals surface area contributed by atoms with Crippen LogP contribution in [0.25, 0.3) is 0 Å². The topological polar surface area (TPSA) is 65.4 Å². The lowest BCUT2D eigenvalue weighted by molar-refractivity contribution is 0.282. The van der Waals surface area contributed by atoms with Crippen LogP contribution in [0, 0.1) is 0 Å². The summed E-state index contributed by atoms with van der Waals surface area (Å²) in [5.74, 6) is 1.27. The summed E-state index contributed by atoms with van der Waals surface area (Å²) in [5.41, 5.74) is 0. The molecule has 110 valence electrons. The van der Waals surface area contributed by atoms with E-state index in [9.17, 15) is 5.11 Å². The maximum absolute atomic E-state index is 9.26. The minimum absolute atomic E-state index is 0.0961. The van der Waals surface area contributed by atoms with E-state index in [0.717, 1.165) is 25.9 Å². The van der Waals surface area contributed by atoms with Crippen LogP contribution in [0.15, 0.2) is 0 Å². The van der Waals surface area contributed by atoms with Gasteiger partial charge in [-0.1, -0.05) is 0 Å². The Labute approximate surface area is 123 Å². The van der Waals surface area contributed by atoms with E-state index in [-0.39, 0.29) is 11.9 Å². The first kappa shape index (κ1) is 13.8. The predicted molar refractivity (Wildman–Crippen MR) is 78.4 cm³/mol. The third kappa shape index (κ3) is 2.81. The van der Waals surface area contributed by atoms with Crippen molar-refractivity contribution in [1.29, 1.82) is 0 Å². The van der Waals surface area contributed by atoms with Crippen molar-refractivity contribution in [3.05, 3.63) is 5.28 Å². The number of aliphatic hydroxyl groups is 1. The molecule has 1 aliphatic heterocycles. The molecule has 6 nitrogen and oxygen atoms in total. The smallest absolute Gasteiger partial charge is 0.231 e. The lowest BCUT2D eigenvalue weighted by Crippen LogP contribution is -2.43. The summed E-state index contributed by atoms with van der Waals surface area (Å²) in [6.07, 6.45) is 5.82. The van der Waals surface area contributed by atoms with E-state index in [0.29, 0.717) is 24.5 Å². The largest absolute Gasteiger partial charge is 0.395 e. The van der Waals surface area contributed by atoms with Gasteiger partial charge in [0.15, 0.2) is 0 Å². The first-order valence-electron chi connectivity index (χ1n) is 7.32. The van der Waals surface area contributed by atoms with Crippen molar-refractivity contribution >= 4 is 23.5 Å². The zero-order valence-corrected chi connectivity index (χ0v) is 12.3. The van der Waals surface area contributed by atoms with Gasteiger partial charge in [-0.05, 0) is 43.7 Å². The summed E-state index contributed by atoms with van der Waals surface area (Å²) < 4.78 is 0. The molecule has 1 aromatic rings. The molecule has 0 aromatic carbocycles. The van der Waals surface area contributed by atoms with Crippen LogP contribution in [0.2, 0.25) is 5.28 Å². The van der Waals surface area contributed by atoms with Gasteiger partial charge >= 0.3 is 0 Å². The van der Waals surface area contributed by atoms with Crippen LogP contribution in [0.5, 0.6) is 0 Å². The molecule has 7 heteroatoms. The Hall–Kier alpha value is -1.14. The number of aromatic nitrogens is 3. The lowest BCUT2D eigenvalue weighted by Gasteiger charge is -2.37. The van der Waals surface area contributed by atoms with Gasteiger partial charge < -0.3 is 14.9 Å². The van der Waals surface area contributed by atoms with Crippen molar-refractivity contribution in [2.24, 2.45) is 0 Å². The second kappa shape index (κ2) is 6.10. The summed E-state index contributed by atoms with van der Waals surface area (Å²) in [6.45, 7) is 2.59. The maximum atomic E-state index is 9.26. The standard InChI is InChI=1S/C13H20ClN5O/c14-11-15-12(18-6-1-2-7-18)17-13(16-11)19(8-9-20)10-4-3-5-10/h10,20H,1-9H2. The zero-order valence-electron chi connectivity index (χ0n) is 11.5. The number of aliphatic hydroxyl groups excluding tert-OH is 1. The summed E-state index contributed by atoms with van der Waals surface area (Å²) in [6, 6.07) is 0.423. The minimum atomic E-state index is 0.0961. The van der Waals surface area contributed by atoms with Crippen molar-refractivity contribution in [3.63, 3.8) is 0 Å². The monoisotopic (exact) mass is 297 g/mol. The molecule has 2 heterocycles. The van der Waals surface area contributed by atoms with Crippen molar-refractivity contribution in [2.45, 2.75) is 38.1 Å². The quantitative estimate of drug-likeness (QED) is 0.888. The Kier molecular flexibility index (Phi) is 4.21. The number of hydrogen-bond donors (Lipinski definition) is 1. The lowest BCUT2D eigenvalue weighted by atomic mass is 9.92. The minimum Gasteiger partial charge on any atom is -0.395 e. The van der Waals surface area contributed by atoms with Crippen LogP contribution < -0.4 is 9.80 Å². The number of halogens is 1. The summed E-state index contributed by atoms with van der Waals surface area (Å²) in [7, 11) is 0. The average Bonchev–Trinajstić information content (AvgIpc) is 2.89. The maximum Gasteiger partial charge on any atom is 0.231 e. The highest BCUT2D eigenvalue weighted by Crippen LogP contribution is 2.29. The number of rotatable bonds is 5. The summed E-state index contributed by atoms with van der Waals surface area (Å²) in [4.78, 5) is 17.3. The van der Waals surface area contributed by atoms with E-state index in [1.54, 1.807) is 0 Å². The SMILES string of the molecule is OCCN(c1nc(Cl)nc(N2CCCC2)n1)C1CCC1. The highest BCUT2D eigenvalue weighted by Gasteiger charge is 2.28. The van der Waals surface area contributed by atoms with Gasteiger partial charge in [0.2, 0.25) is 17.2 Å². The normalized spacial score (nSPS) is 19.2. The third-order valence-electron chi connectivity index (χ3n) is 4.09. The highest BCUT2D eigenvalue weighted by atomic mass is 35.5. The van der Waals surface area contributed by atoms with E-state index < -0.39 is 0 Å². The van der Waals surface area contributed by atoms with Gasteiger partial charge in [0.25, 0.3) is 0 Å². The molecule has 1 N–H and O–H groups in total. The first-order chi connectivity index (χ1) is 9.78. The molecule has 20 heavy (non-hydrogen) atoms. The molecule has 0 unspecified atom stereocenters. The van der Waals surface area contributed by atoms with Crippen LogP contribution in [0.4, 0.5) is 11.9 Å². The van der Waals surface area contributed by atoms with Gasteiger partial charge in [-0.25, -0.2) is 0 Å². The van der Waals surface area contributed by atoms with Gasteiger partial charge in [0.05, 0.1) is 6.61 Å². The van der Waals surface area contributed by atoms with Crippen LogP contribution in [-0.2, 0) is 0 Å². The van der Waals surface area contributed by atoms with E-state index in [4.69, 9.17) is 11.6 Å². The van der Waals surface area contributed by atoms with Crippen LogP contribution in [-0.4, -0.2) is 52.3 Å². The van der Waals surface area contributed by atoms with Crippen LogP contribution in [0.3, 0.4) is 0 Å². The molecule has 1 aliphatic carbocycles. The summed E-state index contributed by atoms with van der Waals surface area (Å²) >= 11 is 6.06. The molecule has 0 amide bonds. The summed E-state index contributed by atoms with van der Waals surface area (Å²) in [5, 5.41) is 9.50. The van der Waals surface area contributed by atoms with Crippen molar-refractivity contribution < 1.29 is 5.11 Å². The molecule has 0 spiro atoms. The molecule has 3 rings (SSSR count). The predicted octanol–water partition coefficient (Wildman–Crippen LogP) is 1.48. The molecule has 2 aliphatic rings. The van der Waals surface area contributed by atoms with Gasteiger partial charge in [-0.3, -0.25) is 0 Å². The van der Waals surface area contributed by atoms with Crippen molar-refractivity contribution in [2.75, 3.05) is 36.0 Å². The van der Waals surface area contributed by atoms with Gasteiger partial charge in [0.1, 0.15) is 0 Å². The van der Waals surface area contributed by atoms with E-state index in [1.807, 2.05) is 0 Å². The Bertz CT molecular complexity index is 462. The third-order valence-corrected chi connectivity index (χ3v) is 4.26. The molecular weight excluding hydrogens is 278 g/mol. The second-order valence-corrected chi connectivity index (χ2v) is 5.74. The van der Waals surface area contributed by atoms with Gasteiger partial charge in [0, 0.05) is 25.7 Å². The van der Waals surface area contributed by atoms with Gasteiger partial charge in [-0.15, -0.1) is 0 Å². The molecule has 0 atom stereocenters. The Morgan fingerprint density at radius 1 is 1.15 bits per heavy atom. The van der Waals surface area contributed by atoms with Crippen molar-refractivity contribution in [1.82, 2.24) is 15.0 Å². The van der Waals surface area contributed by atoms with Crippen molar-refractivity contribution in [3.8, 4) is 0 Å². The first-order valence-corrected chi connectivity index (χ1v) is 7.70. The zero-order chi connectivity index (χ0) is 13.9. The fourth-order valence-corrected chi connectivity index (χ4v) is 2.92. The van der Waals surface area contributed by atoms with E-state index in [1.165, 1.54) is 19.3 Å². The van der Waals surface area contributed by atoms with Crippen LogP contribution in [0.1, 0.15) is 32.1 Å². The molecule has 1 saturated heterocycles. The Morgan fingerprint density at radius 2 is 1.90 bits per heavy atom. The van der Waals surface area contributed by atoms with E-state index >= 15 is 0 Å². The second-order valence-electron chi connectivity index (χ2n) is 5.40. The molecule has 1 saturated carbocycles. The number of nitrogens with zero attached hydrogens (tertiary/aromatic N) is 5. The molecular formula is C13H20ClN5O. The van der Waals surface area contributed by atoms with Crippen LogP contribution >= 0.6 is 11.6 Å².